The van der Waals surface area contributed by atoms with Gasteiger partial charge >= 0.3 is 0 Å². The van der Waals surface area contributed by atoms with E-state index in [2.05, 4.69) is 10.5 Å². The minimum Gasteiger partial charge on any atom is -0.497 e. The highest BCUT2D eigenvalue weighted by Gasteiger charge is 2.30. The van der Waals surface area contributed by atoms with Gasteiger partial charge < -0.3 is 19.5 Å². The van der Waals surface area contributed by atoms with Gasteiger partial charge in [0.05, 0.1) is 25.3 Å². The molecule has 28 heavy (non-hydrogen) atoms. The molecule has 150 valence electrons. The van der Waals surface area contributed by atoms with Crippen molar-refractivity contribution in [3.05, 3.63) is 47.3 Å². The molecule has 1 aromatic carbocycles. The van der Waals surface area contributed by atoms with E-state index in [1.165, 1.54) is 0 Å². The molecule has 2 aromatic rings. The molecule has 0 bridgehead atoms. The van der Waals surface area contributed by atoms with Crippen LogP contribution in [-0.2, 0) is 29.0 Å². The van der Waals surface area contributed by atoms with E-state index >= 15 is 0 Å². The van der Waals surface area contributed by atoms with Crippen LogP contribution in [0.5, 0.6) is 5.75 Å². The third kappa shape index (κ3) is 5.12. The summed E-state index contributed by atoms with van der Waals surface area (Å²) in [6.45, 7) is 3.39. The number of piperidine rings is 1. The van der Waals surface area contributed by atoms with Gasteiger partial charge in [0.1, 0.15) is 5.75 Å². The lowest BCUT2D eigenvalue weighted by atomic mass is 9.96. The summed E-state index contributed by atoms with van der Waals surface area (Å²) in [5.74, 6) is 1.33. The van der Waals surface area contributed by atoms with E-state index in [4.69, 9.17) is 9.26 Å². The molecule has 2 heterocycles. The summed E-state index contributed by atoms with van der Waals surface area (Å²) in [6.07, 6.45) is 2.54. The fourth-order valence-corrected chi connectivity index (χ4v) is 3.33. The van der Waals surface area contributed by atoms with Crippen molar-refractivity contribution in [1.82, 2.24) is 15.4 Å². The first-order chi connectivity index (χ1) is 13.6. The summed E-state index contributed by atoms with van der Waals surface area (Å²) in [6, 6.07) is 9.68. The predicted molar refractivity (Wildman–Crippen MR) is 104 cm³/mol. The summed E-state index contributed by atoms with van der Waals surface area (Å²) in [5.41, 5.74) is 2.01. The standard InChI is InChI=1S/C21H27N3O4/c1-3-17-12-19(28-23-17)13-22-21(26)16-6-9-20(25)24(14-16)11-10-15-4-7-18(27-2)8-5-15/h4-5,7-8,12,16H,3,6,9-11,13-14H2,1-2H3,(H,22,26)/t16-/m0/s1. The first-order valence-corrected chi connectivity index (χ1v) is 9.72. The van der Waals surface area contributed by atoms with Crippen molar-refractivity contribution in [1.29, 1.82) is 0 Å². The number of nitrogens with zero attached hydrogens (tertiary/aromatic N) is 2. The number of methoxy groups -OCH3 is 1. The molecule has 1 N–H and O–H groups in total. The summed E-state index contributed by atoms with van der Waals surface area (Å²) in [7, 11) is 1.64. The highest BCUT2D eigenvalue weighted by atomic mass is 16.5. The highest BCUT2D eigenvalue weighted by molar-refractivity contribution is 5.83. The van der Waals surface area contributed by atoms with Crippen LogP contribution in [0.15, 0.2) is 34.9 Å². The summed E-state index contributed by atoms with van der Waals surface area (Å²) >= 11 is 0. The van der Waals surface area contributed by atoms with Crippen molar-refractivity contribution in [2.75, 3.05) is 20.2 Å². The number of hydrogen-bond donors (Lipinski definition) is 1. The van der Waals surface area contributed by atoms with Gasteiger partial charge in [-0.2, -0.15) is 0 Å². The maximum absolute atomic E-state index is 12.5. The summed E-state index contributed by atoms with van der Waals surface area (Å²) in [5, 5.41) is 6.83. The molecule has 1 atom stereocenters. The van der Waals surface area contributed by atoms with Crippen molar-refractivity contribution >= 4 is 11.8 Å². The molecular weight excluding hydrogens is 358 g/mol. The Bertz CT molecular complexity index is 800. The average molecular weight is 385 g/mol. The normalized spacial score (nSPS) is 16.9. The van der Waals surface area contributed by atoms with Crippen LogP contribution in [0.1, 0.15) is 36.8 Å². The molecule has 7 heteroatoms. The molecule has 0 radical (unpaired) electrons. The number of likely N-dealkylation sites (tertiary alicyclic amines) is 1. The van der Waals surface area contributed by atoms with Gasteiger partial charge in [-0.1, -0.05) is 24.2 Å². The summed E-state index contributed by atoms with van der Waals surface area (Å²) < 4.78 is 10.4. The SMILES string of the molecule is CCc1cc(CNC(=O)[C@H]2CCC(=O)N(CCc3ccc(OC)cc3)C2)on1. The van der Waals surface area contributed by atoms with Gasteiger partial charge in [-0.15, -0.1) is 0 Å². The Morgan fingerprint density at radius 1 is 1.36 bits per heavy atom. The van der Waals surface area contributed by atoms with E-state index in [0.717, 1.165) is 29.8 Å². The van der Waals surface area contributed by atoms with Crippen molar-refractivity contribution < 1.29 is 18.8 Å². The van der Waals surface area contributed by atoms with Crippen LogP contribution in [0.2, 0.25) is 0 Å². The largest absolute Gasteiger partial charge is 0.497 e. The zero-order chi connectivity index (χ0) is 19.9. The van der Waals surface area contributed by atoms with Crippen LogP contribution < -0.4 is 10.1 Å². The number of nitrogens with one attached hydrogen (secondary N) is 1. The minimum absolute atomic E-state index is 0.0450. The van der Waals surface area contributed by atoms with Gasteiger partial charge in [-0.3, -0.25) is 9.59 Å². The van der Waals surface area contributed by atoms with E-state index in [1.54, 1.807) is 12.0 Å². The molecule has 1 aliphatic heterocycles. The van der Waals surface area contributed by atoms with Crippen LogP contribution in [-0.4, -0.2) is 42.1 Å². The van der Waals surface area contributed by atoms with Gasteiger partial charge in [0.25, 0.3) is 0 Å². The molecule has 7 nitrogen and oxygen atoms in total. The number of aryl methyl sites for hydroxylation is 1. The zero-order valence-electron chi connectivity index (χ0n) is 16.4. The maximum Gasteiger partial charge on any atom is 0.225 e. The predicted octanol–water partition coefficient (Wildman–Crippen LogP) is 2.34. The number of aromatic nitrogens is 1. The molecule has 2 amide bonds. The quantitative estimate of drug-likeness (QED) is 0.754. The molecule has 0 saturated carbocycles. The van der Waals surface area contributed by atoms with Crippen LogP contribution in [0, 0.1) is 5.92 Å². The first-order valence-electron chi connectivity index (χ1n) is 9.72. The van der Waals surface area contributed by atoms with Crippen LogP contribution >= 0.6 is 0 Å². The Morgan fingerprint density at radius 3 is 2.82 bits per heavy atom. The van der Waals surface area contributed by atoms with E-state index < -0.39 is 0 Å². The van der Waals surface area contributed by atoms with Crippen LogP contribution in [0.25, 0.3) is 0 Å². The molecule has 0 unspecified atom stereocenters. The molecule has 1 saturated heterocycles. The van der Waals surface area contributed by atoms with Crippen molar-refractivity contribution in [3.8, 4) is 5.75 Å². The van der Waals surface area contributed by atoms with Crippen molar-refractivity contribution in [2.24, 2.45) is 5.92 Å². The second-order valence-corrected chi connectivity index (χ2v) is 7.03. The van der Waals surface area contributed by atoms with E-state index in [-0.39, 0.29) is 17.7 Å². The third-order valence-electron chi connectivity index (χ3n) is 5.11. The van der Waals surface area contributed by atoms with E-state index in [0.29, 0.717) is 38.2 Å². The first kappa shape index (κ1) is 19.9. The Balaban J connectivity index is 1.49. The maximum atomic E-state index is 12.5. The zero-order valence-corrected chi connectivity index (χ0v) is 16.4. The van der Waals surface area contributed by atoms with Gasteiger partial charge in [0.15, 0.2) is 5.76 Å². The van der Waals surface area contributed by atoms with Crippen LogP contribution in [0.3, 0.4) is 0 Å². The van der Waals surface area contributed by atoms with Gasteiger partial charge in [0.2, 0.25) is 11.8 Å². The topological polar surface area (TPSA) is 84.7 Å². The van der Waals surface area contributed by atoms with E-state index in [9.17, 15) is 9.59 Å². The number of benzene rings is 1. The molecule has 1 aliphatic rings. The van der Waals surface area contributed by atoms with Gasteiger partial charge in [-0.05, 0) is 37.0 Å². The number of amides is 2. The monoisotopic (exact) mass is 385 g/mol. The Labute approximate surface area is 165 Å². The molecule has 0 aliphatic carbocycles. The highest BCUT2D eigenvalue weighted by Crippen LogP contribution is 2.19. The second kappa shape index (κ2) is 9.39. The minimum atomic E-state index is -0.192. The van der Waals surface area contributed by atoms with Gasteiger partial charge in [-0.25, -0.2) is 0 Å². The molecule has 1 fully saturated rings. The Hall–Kier alpha value is -2.83. The number of hydrogen-bond acceptors (Lipinski definition) is 5. The fourth-order valence-electron chi connectivity index (χ4n) is 3.33. The molecule has 1 aromatic heterocycles. The lowest BCUT2D eigenvalue weighted by molar-refractivity contribution is -0.138. The third-order valence-corrected chi connectivity index (χ3v) is 5.11. The van der Waals surface area contributed by atoms with E-state index in [1.807, 2.05) is 37.3 Å². The van der Waals surface area contributed by atoms with Crippen molar-refractivity contribution in [3.63, 3.8) is 0 Å². The Morgan fingerprint density at radius 2 is 2.14 bits per heavy atom. The van der Waals surface area contributed by atoms with Crippen LogP contribution in [0.4, 0.5) is 0 Å². The smallest absolute Gasteiger partial charge is 0.225 e. The molecule has 3 rings (SSSR count). The Kier molecular flexibility index (Phi) is 6.68. The lowest BCUT2D eigenvalue weighted by Gasteiger charge is -2.32. The number of carbonyl (C=O) groups is 2. The fraction of sp³-hybridized carbons (Fsp3) is 0.476. The molecular formula is C21H27N3O4. The number of carbonyl (C=O) groups excluding carboxylic acids is 2. The van der Waals surface area contributed by atoms with Gasteiger partial charge in [0, 0.05) is 25.6 Å². The lowest BCUT2D eigenvalue weighted by Crippen LogP contribution is -2.46. The summed E-state index contributed by atoms with van der Waals surface area (Å²) in [4.78, 5) is 26.6. The van der Waals surface area contributed by atoms with Crippen molar-refractivity contribution in [2.45, 2.75) is 39.2 Å². The second-order valence-electron chi connectivity index (χ2n) is 7.03. The number of rotatable bonds is 8. The number of ether oxygens (including phenoxy) is 1. The molecule has 0 spiro atoms. The average Bonchev–Trinajstić information content (AvgIpc) is 3.20.